The lowest BCUT2D eigenvalue weighted by molar-refractivity contribution is -0.305. The first-order valence-corrected chi connectivity index (χ1v) is 14.8. The normalized spacial score (nSPS) is 23.7. The molecule has 1 aliphatic heterocycles. The van der Waals surface area contributed by atoms with Crippen LogP contribution in [-0.4, -0.2) is 89.0 Å². The standard InChI is InChI=1S/C30H52O10/c1-3-5-7-9-11-13-15-17-19-26(33)39-23(21-37-25(32)18-16-14-12-10-8-6-4-2)22-38-30-29(36)28(35)27(34)24(20-31)40-30/h3-5,23-24,27-31,34-36H,2,6-22H2,1H3/b5-3+/t23-,24-,27+,28+,29-,30-/m1/s1. The number of unbranched alkanes of at least 4 members (excludes halogenated alkanes) is 10. The Kier molecular flexibility index (Phi) is 20.7. The Morgan fingerprint density at radius 3 is 2.05 bits per heavy atom. The Morgan fingerprint density at radius 2 is 1.43 bits per heavy atom. The zero-order valence-electron chi connectivity index (χ0n) is 24.2. The van der Waals surface area contributed by atoms with E-state index in [0.717, 1.165) is 64.2 Å². The van der Waals surface area contributed by atoms with E-state index < -0.39 is 55.4 Å². The number of carbonyl (C=O) groups is 2. The van der Waals surface area contributed by atoms with E-state index in [1.54, 1.807) is 0 Å². The van der Waals surface area contributed by atoms with Crippen molar-refractivity contribution >= 4 is 11.9 Å². The predicted octanol–water partition coefficient (Wildman–Crippen LogP) is 3.48. The fourth-order valence-corrected chi connectivity index (χ4v) is 4.34. The maximum atomic E-state index is 12.5. The lowest BCUT2D eigenvalue weighted by Crippen LogP contribution is -2.59. The molecule has 1 heterocycles. The molecule has 0 unspecified atom stereocenters. The Hall–Kier alpha value is -1.82. The maximum Gasteiger partial charge on any atom is 0.306 e. The fourth-order valence-electron chi connectivity index (χ4n) is 4.34. The zero-order valence-corrected chi connectivity index (χ0v) is 24.2. The summed E-state index contributed by atoms with van der Waals surface area (Å²) in [6.45, 7) is 4.60. The van der Waals surface area contributed by atoms with E-state index >= 15 is 0 Å². The summed E-state index contributed by atoms with van der Waals surface area (Å²) in [6.07, 6.45) is 10.1. The molecule has 0 aromatic carbocycles. The highest BCUT2D eigenvalue weighted by molar-refractivity contribution is 5.70. The first-order chi connectivity index (χ1) is 19.3. The molecule has 1 fully saturated rings. The van der Waals surface area contributed by atoms with E-state index in [1.165, 1.54) is 0 Å². The molecule has 0 amide bonds. The second kappa shape index (κ2) is 22.8. The van der Waals surface area contributed by atoms with E-state index in [2.05, 4.69) is 12.7 Å². The van der Waals surface area contributed by atoms with Gasteiger partial charge in [0, 0.05) is 12.8 Å². The van der Waals surface area contributed by atoms with Crippen molar-refractivity contribution in [3.05, 3.63) is 24.8 Å². The van der Waals surface area contributed by atoms with Gasteiger partial charge in [-0.15, -0.1) is 6.58 Å². The first kappa shape index (κ1) is 36.2. The van der Waals surface area contributed by atoms with E-state index in [4.69, 9.17) is 18.9 Å². The van der Waals surface area contributed by atoms with E-state index in [1.807, 2.05) is 19.1 Å². The minimum atomic E-state index is -1.59. The summed E-state index contributed by atoms with van der Waals surface area (Å²) in [7, 11) is 0. The average Bonchev–Trinajstić information content (AvgIpc) is 2.95. The van der Waals surface area contributed by atoms with Gasteiger partial charge in [0.1, 0.15) is 31.0 Å². The van der Waals surface area contributed by atoms with Crippen LogP contribution in [0, 0.1) is 0 Å². The van der Waals surface area contributed by atoms with E-state index in [9.17, 15) is 30.0 Å². The van der Waals surface area contributed by atoms with Gasteiger partial charge in [0.2, 0.25) is 0 Å². The van der Waals surface area contributed by atoms with Crippen LogP contribution in [0.2, 0.25) is 0 Å². The van der Waals surface area contributed by atoms with Crippen molar-refractivity contribution in [1.82, 2.24) is 0 Å². The number of rotatable bonds is 23. The smallest absolute Gasteiger partial charge is 0.306 e. The highest BCUT2D eigenvalue weighted by Crippen LogP contribution is 2.22. The SMILES string of the molecule is C=CCCCCCCCC(=O)OC[C@H](CO[C@@H]1O[C@H](CO)[C@H](O)[C@H](O)[C@H]1O)OC(=O)CCCCCCC/C=C/C. The third-order valence-electron chi connectivity index (χ3n) is 6.80. The molecule has 232 valence electrons. The largest absolute Gasteiger partial charge is 0.462 e. The Morgan fingerprint density at radius 1 is 0.825 bits per heavy atom. The summed E-state index contributed by atoms with van der Waals surface area (Å²) < 4.78 is 21.7. The summed E-state index contributed by atoms with van der Waals surface area (Å²) in [5.74, 6) is -0.857. The number of hydrogen-bond acceptors (Lipinski definition) is 10. The average molecular weight is 573 g/mol. The lowest BCUT2D eigenvalue weighted by atomic mass is 9.99. The molecule has 40 heavy (non-hydrogen) atoms. The van der Waals surface area contributed by atoms with E-state index in [0.29, 0.717) is 12.8 Å². The molecule has 6 atom stereocenters. The van der Waals surface area contributed by atoms with Gasteiger partial charge in [0.05, 0.1) is 13.2 Å². The highest BCUT2D eigenvalue weighted by Gasteiger charge is 2.44. The number of aliphatic hydroxyl groups excluding tert-OH is 4. The molecule has 1 rings (SSSR count). The van der Waals surface area contributed by atoms with Gasteiger partial charge in [-0.1, -0.05) is 56.8 Å². The van der Waals surface area contributed by atoms with E-state index in [-0.39, 0.29) is 26.1 Å². The van der Waals surface area contributed by atoms with Crippen LogP contribution < -0.4 is 0 Å². The number of hydrogen-bond donors (Lipinski definition) is 4. The monoisotopic (exact) mass is 572 g/mol. The molecule has 10 nitrogen and oxygen atoms in total. The van der Waals surface area contributed by atoms with Crippen LogP contribution in [0.3, 0.4) is 0 Å². The van der Waals surface area contributed by atoms with Gasteiger partial charge in [-0.05, 0) is 45.4 Å². The van der Waals surface area contributed by atoms with Gasteiger partial charge in [0.25, 0.3) is 0 Å². The molecule has 1 aliphatic rings. The van der Waals surface area contributed by atoms with Gasteiger partial charge in [-0.2, -0.15) is 0 Å². The fraction of sp³-hybridized carbons (Fsp3) is 0.800. The molecular formula is C30H52O10. The van der Waals surface area contributed by atoms with Crippen molar-refractivity contribution in [2.24, 2.45) is 0 Å². The molecule has 10 heteroatoms. The van der Waals surface area contributed by atoms with Crippen molar-refractivity contribution in [3.8, 4) is 0 Å². The van der Waals surface area contributed by atoms with Gasteiger partial charge in [-0.25, -0.2) is 0 Å². The molecule has 0 spiro atoms. The third-order valence-corrected chi connectivity index (χ3v) is 6.80. The number of aliphatic hydroxyl groups is 4. The second-order valence-electron chi connectivity index (χ2n) is 10.3. The van der Waals surface area contributed by atoms with Gasteiger partial charge in [-0.3, -0.25) is 9.59 Å². The van der Waals surface area contributed by atoms with Crippen LogP contribution in [0.1, 0.15) is 96.8 Å². The summed E-state index contributed by atoms with van der Waals surface area (Å²) in [6, 6.07) is 0. The van der Waals surface area contributed by atoms with Gasteiger partial charge < -0.3 is 39.4 Å². The van der Waals surface area contributed by atoms with Gasteiger partial charge in [0.15, 0.2) is 12.4 Å². The summed E-state index contributed by atoms with van der Waals surface area (Å²) in [4.78, 5) is 24.7. The highest BCUT2D eigenvalue weighted by atomic mass is 16.7. The minimum absolute atomic E-state index is 0.214. The molecule has 0 saturated carbocycles. The Bertz CT molecular complexity index is 711. The summed E-state index contributed by atoms with van der Waals surface area (Å²) in [5.41, 5.74) is 0. The first-order valence-electron chi connectivity index (χ1n) is 14.8. The molecule has 0 bridgehead atoms. The molecule has 0 aliphatic carbocycles. The molecule has 4 N–H and O–H groups in total. The number of ether oxygens (including phenoxy) is 4. The van der Waals surface area contributed by atoms with Crippen molar-refractivity contribution in [2.45, 2.75) is 134 Å². The van der Waals surface area contributed by atoms with Crippen LogP contribution in [-0.2, 0) is 28.5 Å². The number of carbonyl (C=O) groups excluding carboxylic acids is 2. The van der Waals surface area contributed by atoms with Crippen LogP contribution in [0.15, 0.2) is 24.8 Å². The topological polar surface area (TPSA) is 152 Å². The van der Waals surface area contributed by atoms with Crippen molar-refractivity contribution in [3.63, 3.8) is 0 Å². The molecule has 1 saturated heterocycles. The Labute approximate surface area is 239 Å². The third kappa shape index (κ3) is 15.8. The molecular weight excluding hydrogens is 520 g/mol. The second-order valence-corrected chi connectivity index (χ2v) is 10.3. The van der Waals surface area contributed by atoms with Crippen molar-refractivity contribution in [2.75, 3.05) is 19.8 Å². The maximum absolute atomic E-state index is 12.5. The van der Waals surface area contributed by atoms with Crippen molar-refractivity contribution < 1.29 is 49.0 Å². The lowest BCUT2D eigenvalue weighted by Gasteiger charge is -2.39. The zero-order chi connectivity index (χ0) is 29.6. The molecule has 0 radical (unpaired) electrons. The van der Waals surface area contributed by atoms with Crippen molar-refractivity contribution in [1.29, 1.82) is 0 Å². The van der Waals surface area contributed by atoms with Crippen LogP contribution in [0.4, 0.5) is 0 Å². The summed E-state index contributed by atoms with van der Waals surface area (Å²) >= 11 is 0. The van der Waals surface area contributed by atoms with Crippen LogP contribution >= 0.6 is 0 Å². The molecule has 0 aromatic rings. The number of allylic oxidation sites excluding steroid dienone is 3. The van der Waals surface area contributed by atoms with Crippen LogP contribution in [0.25, 0.3) is 0 Å². The van der Waals surface area contributed by atoms with Gasteiger partial charge >= 0.3 is 11.9 Å². The van der Waals surface area contributed by atoms with Crippen LogP contribution in [0.5, 0.6) is 0 Å². The minimum Gasteiger partial charge on any atom is -0.462 e. The quantitative estimate of drug-likeness (QED) is 0.0813. The Balaban J connectivity index is 2.52. The predicted molar refractivity (Wildman–Crippen MR) is 150 cm³/mol. The number of esters is 2. The summed E-state index contributed by atoms with van der Waals surface area (Å²) in [5, 5.41) is 39.5. The molecule has 0 aromatic heterocycles.